The van der Waals surface area contributed by atoms with Crippen LogP contribution in [0.4, 0.5) is 5.95 Å². The summed E-state index contributed by atoms with van der Waals surface area (Å²) in [6, 6.07) is 0. The Balaban J connectivity index is 0.00000112. The minimum absolute atomic E-state index is 0. The fraction of sp³-hybridized carbons (Fsp3) is 0.500. The predicted octanol–water partition coefficient (Wildman–Crippen LogP) is 2.32. The molecule has 0 aromatic carbocycles. The molecule has 84 valence electrons. The van der Waals surface area contributed by atoms with Crippen LogP contribution in [0.1, 0.15) is 0 Å². The molecule has 0 fully saturated rings. The van der Waals surface area contributed by atoms with Gasteiger partial charge in [0.1, 0.15) is 0 Å². The number of rotatable bonds is 4. The van der Waals surface area contributed by atoms with Crippen LogP contribution in [-0.4, -0.2) is 31.9 Å². The Morgan fingerprint density at radius 1 is 1.67 bits per heavy atom. The number of fused-ring (bicyclic) bond motifs is 1. The van der Waals surface area contributed by atoms with Crippen LogP contribution in [0.3, 0.4) is 0 Å². The Labute approximate surface area is 112 Å². The van der Waals surface area contributed by atoms with E-state index in [2.05, 4.69) is 42.6 Å². The second kappa shape index (κ2) is 5.91. The molecule has 2 heterocycles. The van der Waals surface area contributed by atoms with Gasteiger partial charge < -0.3 is 5.32 Å². The van der Waals surface area contributed by atoms with Crippen molar-refractivity contribution in [1.82, 2.24) is 14.8 Å². The Morgan fingerprint density at radius 3 is 3.13 bits per heavy atom. The molecule has 1 unspecified atom stereocenters. The van der Waals surface area contributed by atoms with Crippen molar-refractivity contribution in [2.24, 2.45) is 0 Å². The smallest absolute Gasteiger partial charge is 0.225 e. The van der Waals surface area contributed by atoms with Gasteiger partial charge in [-0.25, -0.2) is 0 Å². The minimum Gasteiger partial charge on any atom is -0.351 e. The van der Waals surface area contributed by atoms with Crippen LogP contribution in [0, 0.1) is 0 Å². The van der Waals surface area contributed by atoms with Crippen LogP contribution in [0.2, 0.25) is 0 Å². The molecule has 0 spiro atoms. The minimum atomic E-state index is 0. The topological polar surface area (TPSA) is 42.7 Å². The van der Waals surface area contributed by atoms with Gasteiger partial charge >= 0.3 is 0 Å². The predicted molar refractivity (Wildman–Crippen MR) is 72.5 cm³/mol. The molecule has 0 radical (unpaired) electrons. The average Bonchev–Trinajstić information content (AvgIpc) is 2.74. The van der Waals surface area contributed by atoms with Gasteiger partial charge in [0.15, 0.2) is 5.16 Å². The van der Waals surface area contributed by atoms with E-state index in [0.717, 1.165) is 29.5 Å². The number of halogens is 2. The van der Waals surface area contributed by atoms with E-state index in [1.807, 2.05) is 6.08 Å². The lowest BCUT2D eigenvalue weighted by Crippen LogP contribution is -2.11. The van der Waals surface area contributed by atoms with Gasteiger partial charge in [0.25, 0.3) is 0 Å². The molecule has 1 aromatic heterocycles. The van der Waals surface area contributed by atoms with E-state index < -0.39 is 0 Å². The van der Waals surface area contributed by atoms with Crippen LogP contribution in [0.5, 0.6) is 0 Å². The SMILES string of the molecule is Br.C=CCNc1nnc2n1CC(CBr)S2. The number of nitrogens with one attached hydrogen (secondary N) is 1. The number of hydrogen-bond acceptors (Lipinski definition) is 4. The quantitative estimate of drug-likeness (QED) is 0.664. The van der Waals surface area contributed by atoms with Gasteiger partial charge in [0.05, 0.1) is 0 Å². The van der Waals surface area contributed by atoms with Gasteiger partial charge in [-0.05, 0) is 0 Å². The first kappa shape index (κ1) is 13.1. The van der Waals surface area contributed by atoms with Gasteiger partial charge in [-0.2, -0.15) is 0 Å². The van der Waals surface area contributed by atoms with Crippen molar-refractivity contribution in [2.45, 2.75) is 17.0 Å². The highest BCUT2D eigenvalue weighted by Gasteiger charge is 2.25. The van der Waals surface area contributed by atoms with Crippen molar-refractivity contribution in [2.75, 3.05) is 17.2 Å². The first-order chi connectivity index (χ1) is 6.85. The van der Waals surface area contributed by atoms with Crippen LogP contribution in [0.15, 0.2) is 17.8 Å². The maximum absolute atomic E-state index is 4.11. The molecule has 2 rings (SSSR count). The first-order valence-electron chi connectivity index (χ1n) is 4.35. The fourth-order valence-corrected chi connectivity index (χ4v) is 2.87. The molecular weight excluding hydrogens is 344 g/mol. The Hall–Kier alpha value is -0.0100. The van der Waals surface area contributed by atoms with Gasteiger partial charge in [0, 0.05) is 23.7 Å². The average molecular weight is 356 g/mol. The van der Waals surface area contributed by atoms with Crippen LogP contribution >= 0.6 is 44.7 Å². The summed E-state index contributed by atoms with van der Waals surface area (Å²) < 4.78 is 2.11. The molecule has 0 aliphatic carbocycles. The monoisotopic (exact) mass is 354 g/mol. The van der Waals surface area contributed by atoms with Gasteiger partial charge in [-0.3, -0.25) is 4.57 Å². The van der Waals surface area contributed by atoms with E-state index in [9.17, 15) is 0 Å². The third kappa shape index (κ3) is 2.76. The summed E-state index contributed by atoms with van der Waals surface area (Å²) in [5, 5.41) is 13.9. The highest BCUT2D eigenvalue weighted by atomic mass is 79.9. The molecule has 0 saturated heterocycles. The molecular formula is C8H12Br2N4S. The number of nitrogens with zero attached hydrogens (tertiary/aromatic N) is 3. The Kier molecular flexibility index (Phi) is 5.14. The lowest BCUT2D eigenvalue weighted by molar-refractivity contribution is 0.678. The van der Waals surface area contributed by atoms with Crippen molar-refractivity contribution >= 4 is 50.6 Å². The highest BCUT2D eigenvalue weighted by Crippen LogP contribution is 2.33. The normalized spacial score (nSPS) is 18.1. The standard InChI is InChI=1S/C8H11BrN4S.BrH/c1-2-3-10-7-11-12-8-13(7)5-6(4-9)14-8;/h2,6H,1,3-5H2,(H,10,11);1H. The summed E-state index contributed by atoms with van der Waals surface area (Å²) >= 11 is 5.25. The zero-order chi connectivity index (χ0) is 9.97. The van der Waals surface area contributed by atoms with Crippen molar-refractivity contribution in [3.8, 4) is 0 Å². The summed E-state index contributed by atoms with van der Waals surface area (Å²) in [6.45, 7) is 5.35. The third-order valence-electron chi connectivity index (χ3n) is 1.95. The summed E-state index contributed by atoms with van der Waals surface area (Å²) in [5.74, 6) is 0.843. The Morgan fingerprint density at radius 2 is 2.47 bits per heavy atom. The van der Waals surface area contributed by atoms with E-state index in [1.165, 1.54) is 0 Å². The lowest BCUT2D eigenvalue weighted by Gasteiger charge is -2.05. The summed E-state index contributed by atoms with van der Waals surface area (Å²) in [4.78, 5) is 0. The lowest BCUT2D eigenvalue weighted by atomic mass is 10.5. The van der Waals surface area contributed by atoms with Crippen molar-refractivity contribution in [3.05, 3.63) is 12.7 Å². The number of hydrogen-bond donors (Lipinski definition) is 1. The summed E-state index contributed by atoms with van der Waals surface area (Å²) in [5.41, 5.74) is 0. The molecule has 1 aliphatic rings. The molecule has 1 atom stereocenters. The number of anilines is 1. The molecule has 7 heteroatoms. The number of alkyl halides is 1. The molecule has 1 aromatic rings. The molecule has 0 amide bonds. The molecule has 0 bridgehead atoms. The molecule has 1 N–H and O–H groups in total. The van der Waals surface area contributed by atoms with Crippen LogP contribution in [-0.2, 0) is 6.54 Å². The van der Waals surface area contributed by atoms with Crippen LogP contribution in [0.25, 0.3) is 0 Å². The number of thioether (sulfide) groups is 1. The maximum atomic E-state index is 4.11. The Bertz CT molecular complexity index is 341. The van der Waals surface area contributed by atoms with Gasteiger partial charge in [0.2, 0.25) is 5.95 Å². The van der Waals surface area contributed by atoms with Crippen molar-refractivity contribution in [3.63, 3.8) is 0 Å². The van der Waals surface area contributed by atoms with Gasteiger partial charge in [-0.1, -0.05) is 33.8 Å². The highest BCUT2D eigenvalue weighted by molar-refractivity contribution is 9.09. The largest absolute Gasteiger partial charge is 0.351 e. The molecule has 15 heavy (non-hydrogen) atoms. The van der Waals surface area contributed by atoms with E-state index in [1.54, 1.807) is 11.8 Å². The zero-order valence-corrected chi connectivity index (χ0v) is 12.1. The second-order valence-corrected chi connectivity index (χ2v) is 4.90. The molecule has 0 saturated carbocycles. The summed E-state index contributed by atoms with van der Waals surface area (Å²) in [6.07, 6.45) is 1.81. The van der Waals surface area contributed by atoms with Crippen molar-refractivity contribution < 1.29 is 0 Å². The van der Waals surface area contributed by atoms with E-state index in [0.29, 0.717) is 5.25 Å². The van der Waals surface area contributed by atoms with E-state index in [4.69, 9.17) is 0 Å². The third-order valence-corrected chi connectivity index (χ3v) is 4.32. The second-order valence-electron chi connectivity index (χ2n) is 2.98. The summed E-state index contributed by atoms with van der Waals surface area (Å²) in [7, 11) is 0. The van der Waals surface area contributed by atoms with Crippen molar-refractivity contribution in [1.29, 1.82) is 0 Å². The fourth-order valence-electron chi connectivity index (χ4n) is 1.30. The zero-order valence-electron chi connectivity index (χ0n) is 8.02. The van der Waals surface area contributed by atoms with Crippen LogP contribution < -0.4 is 5.32 Å². The number of aromatic nitrogens is 3. The van der Waals surface area contributed by atoms with Gasteiger partial charge in [-0.15, -0.1) is 33.8 Å². The molecule has 4 nitrogen and oxygen atoms in total. The van der Waals surface area contributed by atoms with E-state index >= 15 is 0 Å². The van der Waals surface area contributed by atoms with E-state index in [-0.39, 0.29) is 17.0 Å². The first-order valence-corrected chi connectivity index (χ1v) is 6.36. The molecule has 1 aliphatic heterocycles. The maximum Gasteiger partial charge on any atom is 0.225 e.